The number of rotatable bonds is 4. The fourth-order valence-corrected chi connectivity index (χ4v) is 1.85. The number of pyridine rings is 1. The molecule has 2 rings (SSSR count). The number of aromatic nitrogens is 2. The van der Waals surface area contributed by atoms with Crippen molar-refractivity contribution in [3.63, 3.8) is 0 Å². The van der Waals surface area contributed by atoms with E-state index < -0.39 is 0 Å². The molecule has 0 saturated carbocycles. The second kappa shape index (κ2) is 4.91. The lowest BCUT2D eigenvalue weighted by Gasteiger charge is -2.02. The Bertz CT molecular complexity index is 502. The standard InChI is InChI=1S/C10H12N4OS/c11-7-1-2-8(13-3-7)4-12-5-9-6-16-10(15)14-9/h1-3,6,12H,4-5,11H2,(H,14,15). The third kappa shape index (κ3) is 2.91. The van der Waals surface area contributed by atoms with Gasteiger partial charge in [0.25, 0.3) is 0 Å². The molecule has 5 nitrogen and oxygen atoms in total. The molecule has 0 saturated heterocycles. The van der Waals surface area contributed by atoms with Crippen molar-refractivity contribution in [3.8, 4) is 0 Å². The number of thiazole rings is 1. The SMILES string of the molecule is Nc1ccc(CNCc2csc(=O)[nH]2)nc1. The average molecular weight is 236 g/mol. The number of hydrogen-bond donors (Lipinski definition) is 3. The second-order valence-corrected chi connectivity index (χ2v) is 4.20. The molecular weight excluding hydrogens is 224 g/mol. The smallest absolute Gasteiger partial charge is 0.304 e. The maximum absolute atomic E-state index is 10.9. The van der Waals surface area contributed by atoms with Crippen LogP contribution in [0.1, 0.15) is 11.4 Å². The summed E-state index contributed by atoms with van der Waals surface area (Å²) in [5.41, 5.74) is 8.00. The number of nitrogens with one attached hydrogen (secondary N) is 2. The van der Waals surface area contributed by atoms with E-state index in [1.807, 2.05) is 17.5 Å². The van der Waals surface area contributed by atoms with Crippen LogP contribution in [0, 0.1) is 0 Å². The molecular formula is C10H12N4OS. The van der Waals surface area contributed by atoms with Crippen LogP contribution in [0.5, 0.6) is 0 Å². The van der Waals surface area contributed by atoms with Gasteiger partial charge in [0.05, 0.1) is 17.6 Å². The van der Waals surface area contributed by atoms with Gasteiger partial charge in [-0.15, -0.1) is 0 Å². The van der Waals surface area contributed by atoms with Gasteiger partial charge in [0, 0.05) is 24.2 Å². The van der Waals surface area contributed by atoms with Gasteiger partial charge in [-0.3, -0.25) is 9.78 Å². The predicted octanol–water partition coefficient (Wildman–Crippen LogP) is 0.703. The van der Waals surface area contributed by atoms with E-state index in [1.54, 1.807) is 6.20 Å². The maximum Gasteiger partial charge on any atom is 0.304 e. The summed E-state index contributed by atoms with van der Waals surface area (Å²) in [5, 5.41) is 5.00. The van der Waals surface area contributed by atoms with Crippen LogP contribution >= 0.6 is 11.3 Å². The summed E-state index contributed by atoms with van der Waals surface area (Å²) in [6.07, 6.45) is 1.63. The highest BCUT2D eigenvalue weighted by atomic mass is 32.1. The first-order chi connectivity index (χ1) is 7.74. The lowest BCUT2D eigenvalue weighted by Crippen LogP contribution is -2.14. The van der Waals surface area contributed by atoms with E-state index in [4.69, 9.17) is 5.73 Å². The van der Waals surface area contributed by atoms with Crippen LogP contribution in [0.15, 0.2) is 28.5 Å². The van der Waals surface area contributed by atoms with Gasteiger partial charge >= 0.3 is 4.87 Å². The van der Waals surface area contributed by atoms with E-state index in [0.717, 1.165) is 11.4 Å². The first-order valence-corrected chi connectivity index (χ1v) is 5.70. The summed E-state index contributed by atoms with van der Waals surface area (Å²) in [6, 6.07) is 3.69. The van der Waals surface area contributed by atoms with Crippen LogP contribution < -0.4 is 15.9 Å². The number of nitrogen functional groups attached to an aromatic ring is 1. The Labute approximate surface area is 96.3 Å². The molecule has 0 bridgehead atoms. The Hall–Kier alpha value is -1.66. The van der Waals surface area contributed by atoms with Gasteiger partial charge in [0.2, 0.25) is 0 Å². The molecule has 16 heavy (non-hydrogen) atoms. The van der Waals surface area contributed by atoms with Gasteiger partial charge in [-0.05, 0) is 12.1 Å². The molecule has 6 heteroatoms. The number of aromatic amines is 1. The second-order valence-electron chi connectivity index (χ2n) is 3.36. The molecule has 2 heterocycles. The topological polar surface area (TPSA) is 83.8 Å². The third-order valence-corrected chi connectivity index (χ3v) is 2.76. The summed E-state index contributed by atoms with van der Waals surface area (Å²) in [5.74, 6) is 0. The van der Waals surface area contributed by atoms with Crippen molar-refractivity contribution in [1.82, 2.24) is 15.3 Å². The molecule has 0 aliphatic carbocycles. The predicted molar refractivity (Wildman–Crippen MR) is 64.1 cm³/mol. The summed E-state index contributed by atoms with van der Waals surface area (Å²) in [4.78, 5) is 17.7. The average Bonchev–Trinajstić information content (AvgIpc) is 2.67. The minimum absolute atomic E-state index is 0.0255. The Morgan fingerprint density at radius 2 is 2.31 bits per heavy atom. The highest BCUT2D eigenvalue weighted by Gasteiger charge is 1.97. The van der Waals surface area contributed by atoms with Crippen molar-refractivity contribution in [1.29, 1.82) is 0 Å². The summed E-state index contributed by atoms with van der Waals surface area (Å²) in [6.45, 7) is 1.28. The molecule has 0 fully saturated rings. The number of H-pyrrole nitrogens is 1. The number of nitrogens with zero attached hydrogens (tertiary/aromatic N) is 1. The van der Waals surface area contributed by atoms with E-state index in [1.165, 1.54) is 11.3 Å². The zero-order chi connectivity index (χ0) is 11.4. The minimum atomic E-state index is -0.0255. The Morgan fingerprint density at radius 1 is 1.44 bits per heavy atom. The summed E-state index contributed by atoms with van der Waals surface area (Å²) in [7, 11) is 0. The van der Waals surface area contributed by atoms with Crippen LogP contribution in [0.25, 0.3) is 0 Å². The number of nitrogens with two attached hydrogens (primary N) is 1. The van der Waals surface area contributed by atoms with Crippen molar-refractivity contribution in [2.24, 2.45) is 0 Å². The molecule has 0 aliphatic rings. The van der Waals surface area contributed by atoms with E-state index in [-0.39, 0.29) is 4.87 Å². The minimum Gasteiger partial charge on any atom is -0.397 e. The Kier molecular flexibility index (Phi) is 3.33. The van der Waals surface area contributed by atoms with Crippen LogP contribution in [0.4, 0.5) is 5.69 Å². The van der Waals surface area contributed by atoms with Crippen molar-refractivity contribution >= 4 is 17.0 Å². The molecule has 0 atom stereocenters. The van der Waals surface area contributed by atoms with Gasteiger partial charge in [0.15, 0.2) is 0 Å². The monoisotopic (exact) mass is 236 g/mol. The molecule has 2 aromatic heterocycles. The first-order valence-electron chi connectivity index (χ1n) is 4.82. The quantitative estimate of drug-likeness (QED) is 0.729. The van der Waals surface area contributed by atoms with Crippen molar-refractivity contribution in [2.45, 2.75) is 13.1 Å². The molecule has 2 aromatic rings. The zero-order valence-electron chi connectivity index (χ0n) is 8.56. The van der Waals surface area contributed by atoms with Crippen molar-refractivity contribution in [2.75, 3.05) is 5.73 Å². The van der Waals surface area contributed by atoms with Gasteiger partial charge in [-0.1, -0.05) is 11.3 Å². The van der Waals surface area contributed by atoms with Crippen LogP contribution in [0.2, 0.25) is 0 Å². The van der Waals surface area contributed by atoms with Crippen LogP contribution in [0.3, 0.4) is 0 Å². The largest absolute Gasteiger partial charge is 0.397 e. The van der Waals surface area contributed by atoms with E-state index >= 15 is 0 Å². The zero-order valence-corrected chi connectivity index (χ0v) is 9.38. The summed E-state index contributed by atoms with van der Waals surface area (Å²) < 4.78 is 0. The molecule has 4 N–H and O–H groups in total. The maximum atomic E-state index is 10.9. The fraction of sp³-hybridized carbons (Fsp3) is 0.200. The summed E-state index contributed by atoms with van der Waals surface area (Å²) >= 11 is 1.17. The lowest BCUT2D eigenvalue weighted by atomic mass is 10.3. The normalized spacial score (nSPS) is 10.5. The number of hydrogen-bond acceptors (Lipinski definition) is 5. The van der Waals surface area contributed by atoms with Gasteiger partial charge in [0.1, 0.15) is 0 Å². The van der Waals surface area contributed by atoms with Crippen molar-refractivity contribution < 1.29 is 0 Å². The van der Waals surface area contributed by atoms with E-state index in [0.29, 0.717) is 18.8 Å². The molecule has 0 aromatic carbocycles. The fourth-order valence-electron chi connectivity index (χ4n) is 1.27. The molecule has 0 radical (unpaired) electrons. The molecule has 0 spiro atoms. The van der Waals surface area contributed by atoms with Crippen molar-refractivity contribution in [3.05, 3.63) is 44.8 Å². The number of anilines is 1. The van der Waals surface area contributed by atoms with Gasteiger partial charge in [-0.2, -0.15) is 0 Å². The molecule has 0 unspecified atom stereocenters. The molecule has 84 valence electrons. The van der Waals surface area contributed by atoms with E-state index in [9.17, 15) is 4.79 Å². The highest BCUT2D eigenvalue weighted by Crippen LogP contribution is 2.01. The highest BCUT2D eigenvalue weighted by molar-refractivity contribution is 7.07. The van der Waals surface area contributed by atoms with Crippen LogP contribution in [-0.4, -0.2) is 9.97 Å². The molecule has 0 aliphatic heterocycles. The van der Waals surface area contributed by atoms with Crippen LogP contribution in [-0.2, 0) is 13.1 Å². The van der Waals surface area contributed by atoms with Gasteiger partial charge < -0.3 is 16.0 Å². The Balaban J connectivity index is 1.84. The van der Waals surface area contributed by atoms with Gasteiger partial charge in [-0.25, -0.2) is 0 Å². The Morgan fingerprint density at radius 3 is 2.94 bits per heavy atom. The molecule has 0 amide bonds. The lowest BCUT2D eigenvalue weighted by molar-refractivity contribution is 0.669. The third-order valence-electron chi connectivity index (χ3n) is 2.04. The van der Waals surface area contributed by atoms with E-state index in [2.05, 4.69) is 15.3 Å². The first kappa shape index (κ1) is 10.8.